The fourth-order valence-corrected chi connectivity index (χ4v) is 2.55. The molecule has 0 saturated carbocycles. The Labute approximate surface area is 112 Å². The number of halogens is 3. The molecule has 0 saturated heterocycles. The van der Waals surface area contributed by atoms with Gasteiger partial charge in [0.25, 0.3) is 0 Å². The molecule has 2 aromatic rings. The molecule has 0 fully saturated rings. The minimum atomic E-state index is -4.46. The van der Waals surface area contributed by atoms with E-state index in [-0.39, 0.29) is 11.3 Å². The van der Waals surface area contributed by atoms with Gasteiger partial charge in [0.15, 0.2) is 0 Å². The van der Waals surface area contributed by atoms with E-state index in [0.29, 0.717) is 4.88 Å². The van der Waals surface area contributed by atoms with Crippen LogP contribution in [0, 0.1) is 0 Å². The predicted molar refractivity (Wildman–Crippen MR) is 68.3 cm³/mol. The highest BCUT2D eigenvalue weighted by molar-refractivity contribution is 7.10. The first-order chi connectivity index (χ1) is 8.93. The summed E-state index contributed by atoms with van der Waals surface area (Å²) in [6.45, 7) is 0. The lowest BCUT2D eigenvalue weighted by molar-refractivity contribution is -0.138. The molecule has 6 heteroatoms. The molecule has 0 aliphatic carbocycles. The Morgan fingerprint density at radius 3 is 2.53 bits per heavy atom. The SMILES string of the molecule is COc1ccc([C@H](N)c2cccs2)c(C(F)(F)F)c1. The lowest BCUT2D eigenvalue weighted by atomic mass is 9.99. The van der Waals surface area contributed by atoms with E-state index in [0.717, 1.165) is 6.07 Å². The number of hydrogen-bond acceptors (Lipinski definition) is 3. The maximum Gasteiger partial charge on any atom is 0.416 e. The van der Waals surface area contributed by atoms with Gasteiger partial charge in [-0.3, -0.25) is 0 Å². The number of thiophene rings is 1. The maximum absolute atomic E-state index is 13.1. The molecule has 1 heterocycles. The van der Waals surface area contributed by atoms with Gasteiger partial charge in [0.1, 0.15) is 5.75 Å². The molecule has 2 nitrogen and oxygen atoms in total. The van der Waals surface area contributed by atoms with Crippen molar-refractivity contribution in [2.75, 3.05) is 7.11 Å². The number of hydrogen-bond donors (Lipinski definition) is 1. The second kappa shape index (κ2) is 5.22. The van der Waals surface area contributed by atoms with Crippen LogP contribution in [-0.2, 0) is 6.18 Å². The van der Waals surface area contributed by atoms with Crippen LogP contribution in [0.1, 0.15) is 22.0 Å². The molecule has 0 radical (unpaired) electrons. The van der Waals surface area contributed by atoms with Crippen LogP contribution in [0.25, 0.3) is 0 Å². The molecule has 2 rings (SSSR count). The van der Waals surface area contributed by atoms with Crippen LogP contribution >= 0.6 is 11.3 Å². The van der Waals surface area contributed by atoms with Crippen molar-refractivity contribution >= 4 is 11.3 Å². The fourth-order valence-electron chi connectivity index (χ4n) is 1.80. The Kier molecular flexibility index (Phi) is 3.82. The zero-order chi connectivity index (χ0) is 14.0. The molecule has 1 atom stereocenters. The molecular formula is C13H12F3NOS. The largest absolute Gasteiger partial charge is 0.497 e. The van der Waals surface area contributed by atoms with Crippen LogP contribution in [0.3, 0.4) is 0 Å². The summed E-state index contributed by atoms with van der Waals surface area (Å²) in [5.74, 6) is 0.162. The van der Waals surface area contributed by atoms with Crippen LogP contribution in [0.4, 0.5) is 13.2 Å². The third kappa shape index (κ3) is 2.90. The van der Waals surface area contributed by atoms with Crippen molar-refractivity contribution in [1.82, 2.24) is 0 Å². The van der Waals surface area contributed by atoms with Crippen LogP contribution in [0.5, 0.6) is 5.75 Å². The summed E-state index contributed by atoms with van der Waals surface area (Å²) in [6, 6.07) is 6.52. The van der Waals surface area contributed by atoms with E-state index in [4.69, 9.17) is 10.5 Å². The predicted octanol–water partition coefficient (Wildman–Crippen LogP) is 3.82. The molecule has 0 spiro atoms. The van der Waals surface area contributed by atoms with E-state index in [9.17, 15) is 13.2 Å². The van der Waals surface area contributed by atoms with E-state index in [2.05, 4.69) is 0 Å². The summed E-state index contributed by atoms with van der Waals surface area (Å²) in [5.41, 5.74) is 5.21. The topological polar surface area (TPSA) is 35.2 Å². The van der Waals surface area contributed by atoms with Gasteiger partial charge in [0.2, 0.25) is 0 Å². The zero-order valence-electron chi connectivity index (χ0n) is 10.1. The first-order valence-electron chi connectivity index (χ1n) is 5.47. The number of ether oxygens (including phenoxy) is 1. The van der Waals surface area contributed by atoms with Gasteiger partial charge >= 0.3 is 6.18 Å². The van der Waals surface area contributed by atoms with Crippen molar-refractivity contribution in [3.05, 3.63) is 51.7 Å². The van der Waals surface area contributed by atoms with Crippen molar-refractivity contribution in [3.8, 4) is 5.75 Å². The minimum Gasteiger partial charge on any atom is -0.497 e. The van der Waals surface area contributed by atoms with Crippen LogP contribution < -0.4 is 10.5 Å². The zero-order valence-corrected chi connectivity index (χ0v) is 10.9. The summed E-state index contributed by atoms with van der Waals surface area (Å²) >= 11 is 1.33. The summed E-state index contributed by atoms with van der Waals surface area (Å²) < 4.78 is 44.0. The number of alkyl halides is 3. The monoisotopic (exact) mass is 287 g/mol. The normalized spacial score (nSPS) is 13.3. The molecule has 1 aromatic heterocycles. The average Bonchev–Trinajstić information content (AvgIpc) is 2.90. The molecule has 0 aliphatic heterocycles. The van der Waals surface area contributed by atoms with Crippen molar-refractivity contribution in [3.63, 3.8) is 0 Å². The lowest BCUT2D eigenvalue weighted by Gasteiger charge is -2.18. The summed E-state index contributed by atoms with van der Waals surface area (Å²) in [5, 5.41) is 1.78. The molecule has 2 N–H and O–H groups in total. The van der Waals surface area contributed by atoms with Gasteiger partial charge in [-0.2, -0.15) is 13.2 Å². The van der Waals surface area contributed by atoms with E-state index in [1.54, 1.807) is 17.5 Å². The number of nitrogens with two attached hydrogens (primary N) is 1. The third-order valence-electron chi connectivity index (χ3n) is 2.75. The Morgan fingerprint density at radius 2 is 2.00 bits per heavy atom. The molecule has 102 valence electrons. The number of rotatable bonds is 3. The summed E-state index contributed by atoms with van der Waals surface area (Å²) in [6.07, 6.45) is -4.46. The molecule has 1 aromatic carbocycles. The van der Waals surface area contributed by atoms with Crippen molar-refractivity contribution in [1.29, 1.82) is 0 Å². The van der Waals surface area contributed by atoms with E-state index < -0.39 is 17.8 Å². The smallest absolute Gasteiger partial charge is 0.416 e. The second-order valence-electron chi connectivity index (χ2n) is 3.94. The van der Waals surface area contributed by atoms with E-state index >= 15 is 0 Å². The second-order valence-corrected chi connectivity index (χ2v) is 4.92. The highest BCUT2D eigenvalue weighted by Crippen LogP contribution is 2.38. The van der Waals surface area contributed by atoms with Gasteiger partial charge in [-0.25, -0.2) is 0 Å². The Balaban J connectivity index is 2.50. The van der Waals surface area contributed by atoms with Crippen molar-refractivity contribution in [2.24, 2.45) is 5.73 Å². The molecular weight excluding hydrogens is 275 g/mol. The van der Waals surface area contributed by atoms with Gasteiger partial charge < -0.3 is 10.5 Å². The van der Waals surface area contributed by atoms with Gasteiger partial charge in [-0.15, -0.1) is 11.3 Å². The number of benzene rings is 1. The average molecular weight is 287 g/mol. The van der Waals surface area contributed by atoms with Gasteiger partial charge in [0.05, 0.1) is 18.7 Å². The maximum atomic E-state index is 13.1. The van der Waals surface area contributed by atoms with Crippen LogP contribution in [0.15, 0.2) is 35.7 Å². The first-order valence-corrected chi connectivity index (χ1v) is 6.35. The first kappa shape index (κ1) is 13.9. The molecule has 0 bridgehead atoms. The summed E-state index contributed by atoms with van der Waals surface area (Å²) in [7, 11) is 1.33. The minimum absolute atomic E-state index is 0.0516. The highest BCUT2D eigenvalue weighted by atomic mass is 32.1. The van der Waals surface area contributed by atoms with E-state index in [1.165, 1.54) is 30.6 Å². The Hall–Kier alpha value is -1.53. The lowest BCUT2D eigenvalue weighted by Crippen LogP contribution is -2.17. The van der Waals surface area contributed by atoms with Crippen molar-refractivity contribution < 1.29 is 17.9 Å². The standard InChI is InChI=1S/C13H12F3NOS/c1-18-8-4-5-9(10(7-8)13(14,15)16)12(17)11-3-2-6-19-11/h2-7,12H,17H2,1H3/t12-/m0/s1. The molecule has 19 heavy (non-hydrogen) atoms. The van der Waals surface area contributed by atoms with Crippen LogP contribution in [-0.4, -0.2) is 7.11 Å². The van der Waals surface area contributed by atoms with Crippen molar-refractivity contribution in [2.45, 2.75) is 12.2 Å². The Bertz CT molecular complexity index is 552. The van der Waals surface area contributed by atoms with Gasteiger partial charge in [-0.1, -0.05) is 12.1 Å². The third-order valence-corrected chi connectivity index (χ3v) is 3.71. The number of methoxy groups -OCH3 is 1. The quantitative estimate of drug-likeness (QED) is 0.931. The Morgan fingerprint density at radius 1 is 1.26 bits per heavy atom. The highest BCUT2D eigenvalue weighted by Gasteiger charge is 2.35. The fraction of sp³-hybridized carbons (Fsp3) is 0.231. The van der Waals surface area contributed by atoms with Gasteiger partial charge in [0, 0.05) is 4.88 Å². The van der Waals surface area contributed by atoms with Gasteiger partial charge in [-0.05, 0) is 29.1 Å². The molecule has 0 amide bonds. The van der Waals surface area contributed by atoms with Crippen LogP contribution in [0.2, 0.25) is 0 Å². The van der Waals surface area contributed by atoms with E-state index in [1.807, 2.05) is 0 Å². The molecule has 0 aliphatic rings. The molecule has 0 unspecified atom stereocenters. The summed E-state index contributed by atoms with van der Waals surface area (Å²) in [4.78, 5) is 0.690.